The molecule has 0 spiro atoms. The van der Waals surface area contributed by atoms with Crippen molar-refractivity contribution in [3.8, 4) is 11.5 Å². The highest BCUT2D eigenvalue weighted by Crippen LogP contribution is 2.30. The van der Waals surface area contributed by atoms with Crippen LogP contribution in [-0.2, 0) is 4.74 Å². The summed E-state index contributed by atoms with van der Waals surface area (Å²) in [7, 11) is 0. The van der Waals surface area contributed by atoms with E-state index in [1.54, 1.807) is 0 Å². The zero-order valence-electron chi connectivity index (χ0n) is 18.2. The molecular formula is C21H37IN4O3. The zero-order chi connectivity index (χ0) is 20.2. The molecule has 8 heteroatoms. The van der Waals surface area contributed by atoms with Gasteiger partial charge in [-0.2, -0.15) is 0 Å². The van der Waals surface area contributed by atoms with Crippen LogP contribution >= 0.6 is 24.0 Å². The van der Waals surface area contributed by atoms with Crippen molar-refractivity contribution in [1.29, 1.82) is 0 Å². The molecule has 29 heavy (non-hydrogen) atoms. The standard InChI is InChI=1S/C21H36N4O3.HI/c1-5-22-21(23-10-11-25-12-14-26-15-13-25)24-17(4)18-8-9-19(27-6-2)20(16-18)28-7-3;/h8-9,16-17H,5-7,10-15H2,1-4H3,(H2,22,23,24);1H. The van der Waals surface area contributed by atoms with E-state index in [1.807, 2.05) is 26.0 Å². The predicted octanol–water partition coefficient (Wildman–Crippen LogP) is 3.05. The number of rotatable bonds is 10. The molecule has 1 aliphatic rings. The lowest BCUT2D eigenvalue weighted by atomic mass is 10.1. The van der Waals surface area contributed by atoms with Gasteiger partial charge < -0.3 is 24.8 Å². The quantitative estimate of drug-likeness (QED) is 0.281. The van der Waals surface area contributed by atoms with Gasteiger partial charge in [-0.3, -0.25) is 9.89 Å². The summed E-state index contributed by atoms with van der Waals surface area (Å²) in [5.74, 6) is 2.39. The van der Waals surface area contributed by atoms with E-state index in [0.717, 1.165) is 69.0 Å². The average molecular weight is 520 g/mol. The number of ether oxygens (including phenoxy) is 3. The van der Waals surface area contributed by atoms with Crippen LogP contribution in [0.3, 0.4) is 0 Å². The van der Waals surface area contributed by atoms with Gasteiger partial charge in [-0.25, -0.2) is 0 Å². The summed E-state index contributed by atoms with van der Waals surface area (Å²) in [4.78, 5) is 7.12. The number of morpholine rings is 1. The summed E-state index contributed by atoms with van der Waals surface area (Å²) in [6.45, 7) is 15.5. The van der Waals surface area contributed by atoms with E-state index in [4.69, 9.17) is 19.2 Å². The first-order valence-electron chi connectivity index (χ1n) is 10.4. The Morgan fingerprint density at radius 3 is 2.48 bits per heavy atom. The fourth-order valence-electron chi connectivity index (χ4n) is 3.07. The van der Waals surface area contributed by atoms with Crippen molar-refractivity contribution in [2.75, 3.05) is 59.2 Å². The lowest BCUT2D eigenvalue weighted by molar-refractivity contribution is 0.0394. The molecule has 1 fully saturated rings. The second kappa shape index (κ2) is 14.7. The summed E-state index contributed by atoms with van der Waals surface area (Å²) in [5, 5.41) is 6.82. The van der Waals surface area contributed by atoms with Gasteiger partial charge in [0.15, 0.2) is 17.5 Å². The van der Waals surface area contributed by atoms with Gasteiger partial charge >= 0.3 is 0 Å². The zero-order valence-corrected chi connectivity index (χ0v) is 20.5. The third-order valence-corrected chi connectivity index (χ3v) is 4.55. The van der Waals surface area contributed by atoms with Crippen molar-refractivity contribution >= 4 is 29.9 Å². The van der Waals surface area contributed by atoms with Crippen molar-refractivity contribution in [2.24, 2.45) is 4.99 Å². The van der Waals surface area contributed by atoms with Crippen LogP contribution in [0.5, 0.6) is 11.5 Å². The molecule has 0 amide bonds. The smallest absolute Gasteiger partial charge is 0.191 e. The van der Waals surface area contributed by atoms with E-state index in [-0.39, 0.29) is 30.0 Å². The summed E-state index contributed by atoms with van der Waals surface area (Å²) in [6.07, 6.45) is 0. The molecule has 7 nitrogen and oxygen atoms in total. The Morgan fingerprint density at radius 2 is 1.83 bits per heavy atom. The van der Waals surface area contributed by atoms with Gasteiger partial charge in [0.1, 0.15) is 0 Å². The van der Waals surface area contributed by atoms with Gasteiger partial charge in [-0.05, 0) is 45.4 Å². The van der Waals surface area contributed by atoms with Gasteiger partial charge in [0.25, 0.3) is 0 Å². The van der Waals surface area contributed by atoms with Crippen molar-refractivity contribution in [2.45, 2.75) is 33.7 Å². The van der Waals surface area contributed by atoms with Crippen LogP contribution in [0, 0.1) is 0 Å². The van der Waals surface area contributed by atoms with E-state index in [1.165, 1.54) is 0 Å². The van der Waals surface area contributed by atoms with Gasteiger partial charge in [0.2, 0.25) is 0 Å². The lowest BCUT2D eigenvalue weighted by Crippen LogP contribution is -2.40. The molecule has 166 valence electrons. The maximum atomic E-state index is 5.75. The Kier molecular flexibility index (Phi) is 13.0. The topological polar surface area (TPSA) is 67.4 Å². The fourth-order valence-corrected chi connectivity index (χ4v) is 3.07. The number of aliphatic imine (C=N–C) groups is 1. The Hall–Kier alpha value is -1.26. The first kappa shape index (κ1) is 25.8. The molecule has 0 aliphatic carbocycles. The number of nitrogens with one attached hydrogen (secondary N) is 2. The highest BCUT2D eigenvalue weighted by Gasteiger charge is 2.13. The van der Waals surface area contributed by atoms with E-state index >= 15 is 0 Å². The van der Waals surface area contributed by atoms with E-state index in [0.29, 0.717) is 13.2 Å². The minimum Gasteiger partial charge on any atom is -0.490 e. The third-order valence-electron chi connectivity index (χ3n) is 4.55. The molecule has 2 rings (SSSR count). The highest BCUT2D eigenvalue weighted by molar-refractivity contribution is 14.0. The second-order valence-electron chi connectivity index (χ2n) is 6.65. The van der Waals surface area contributed by atoms with Crippen LogP contribution in [0.25, 0.3) is 0 Å². The van der Waals surface area contributed by atoms with Gasteiger partial charge in [0, 0.05) is 26.2 Å². The first-order valence-corrected chi connectivity index (χ1v) is 10.4. The average Bonchev–Trinajstić information content (AvgIpc) is 2.70. The second-order valence-corrected chi connectivity index (χ2v) is 6.65. The van der Waals surface area contributed by atoms with Gasteiger partial charge in [-0.1, -0.05) is 6.07 Å². The highest BCUT2D eigenvalue weighted by atomic mass is 127. The van der Waals surface area contributed by atoms with Crippen LogP contribution in [0.1, 0.15) is 39.3 Å². The number of hydrogen-bond acceptors (Lipinski definition) is 5. The minimum atomic E-state index is 0. The normalized spacial score (nSPS) is 15.9. The summed E-state index contributed by atoms with van der Waals surface area (Å²) in [5.41, 5.74) is 1.13. The molecule has 1 heterocycles. The van der Waals surface area contributed by atoms with Crippen LogP contribution < -0.4 is 20.1 Å². The van der Waals surface area contributed by atoms with Crippen molar-refractivity contribution in [1.82, 2.24) is 15.5 Å². The van der Waals surface area contributed by atoms with Gasteiger partial charge in [0.05, 0.1) is 39.0 Å². The Balaban J connectivity index is 0.00000420. The Morgan fingerprint density at radius 1 is 1.14 bits per heavy atom. The minimum absolute atomic E-state index is 0. The van der Waals surface area contributed by atoms with Crippen molar-refractivity contribution in [3.63, 3.8) is 0 Å². The molecular weight excluding hydrogens is 483 g/mol. The molecule has 0 radical (unpaired) electrons. The van der Waals surface area contributed by atoms with Crippen LogP contribution in [-0.4, -0.2) is 70.0 Å². The number of benzene rings is 1. The first-order chi connectivity index (χ1) is 13.7. The molecule has 1 atom stereocenters. The lowest BCUT2D eigenvalue weighted by Gasteiger charge is -2.26. The van der Waals surface area contributed by atoms with Crippen molar-refractivity contribution in [3.05, 3.63) is 23.8 Å². The van der Waals surface area contributed by atoms with Crippen LogP contribution in [0.4, 0.5) is 0 Å². The van der Waals surface area contributed by atoms with Gasteiger partial charge in [-0.15, -0.1) is 24.0 Å². The van der Waals surface area contributed by atoms with E-state index in [9.17, 15) is 0 Å². The Bertz CT molecular complexity index is 610. The predicted molar refractivity (Wildman–Crippen MR) is 129 cm³/mol. The number of hydrogen-bond donors (Lipinski definition) is 2. The summed E-state index contributed by atoms with van der Waals surface area (Å²) >= 11 is 0. The maximum absolute atomic E-state index is 5.75. The number of nitrogens with zero attached hydrogens (tertiary/aromatic N) is 2. The van der Waals surface area contributed by atoms with E-state index in [2.05, 4.69) is 35.4 Å². The maximum Gasteiger partial charge on any atom is 0.191 e. The SMILES string of the molecule is CCNC(=NCCN1CCOCC1)NC(C)c1ccc(OCC)c(OCC)c1.I. The third kappa shape index (κ3) is 8.96. The van der Waals surface area contributed by atoms with Crippen molar-refractivity contribution < 1.29 is 14.2 Å². The summed E-state index contributed by atoms with van der Waals surface area (Å²) in [6, 6.07) is 6.19. The van der Waals surface area contributed by atoms with E-state index < -0.39 is 0 Å². The monoisotopic (exact) mass is 520 g/mol. The largest absolute Gasteiger partial charge is 0.490 e. The molecule has 0 aromatic heterocycles. The molecule has 2 N–H and O–H groups in total. The van der Waals surface area contributed by atoms with Crippen LogP contribution in [0.15, 0.2) is 23.2 Å². The Labute approximate surface area is 192 Å². The molecule has 0 bridgehead atoms. The molecule has 1 aromatic carbocycles. The number of halogens is 1. The number of guanidine groups is 1. The molecule has 0 saturated carbocycles. The summed E-state index contributed by atoms with van der Waals surface area (Å²) < 4.78 is 16.8. The molecule has 1 saturated heterocycles. The molecule has 1 unspecified atom stereocenters. The molecule has 1 aliphatic heterocycles. The molecule has 1 aromatic rings. The van der Waals surface area contributed by atoms with Crippen LogP contribution in [0.2, 0.25) is 0 Å². The fraction of sp³-hybridized carbons (Fsp3) is 0.667.